The van der Waals surface area contributed by atoms with Crippen molar-refractivity contribution in [2.45, 2.75) is 12.6 Å². The van der Waals surface area contributed by atoms with Crippen molar-refractivity contribution in [1.29, 1.82) is 5.26 Å². The molecule has 0 saturated heterocycles. The van der Waals surface area contributed by atoms with Crippen molar-refractivity contribution < 1.29 is 9.53 Å². The monoisotopic (exact) mass is 486 g/mol. The van der Waals surface area contributed by atoms with Crippen LogP contribution < -0.4 is 20.7 Å². The van der Waals surface area contributed by atoms with Crippen molar-refractivity contribution in [3.63, 3.8) is 0 Å². The lowest BCUT2D eigenvalue weighted by atomic mass is 10.0. The third-order valence-corrected chi connectivity index (χ3v) is 5.59. The van der Waals surface area contributed by atoms with Crippen molar-refractivity contribution >= 4 is 56.4 Å². The highest BCUT2D eigenvalue weighted by Gasteiger charge is 2.29. The molecule has 3 aromatic rings. The lowest BCUT2D eigenvalue weighted by Gasteiger charge is -2.26. The largest absolute Gasteiger partial charge is 0.496 e. The smallest absolute Gasteiger partial charge is 0.246 e. The third kappa shape index (κ3) is 3.94. The molecule has 1 aliphatic heterocycles. The van der Waals surface area contributed by atoms with Crippen molar-refractivity contribution in [3.8, 4) is 11.8 Å². The Labute approximate surface area is 189 Å². The zero-order chi connectivity index (χ0) is 20.5. The van der Waals surface area contributed by atoms with Gasteiger partial charge in [0.25, 0.3) is 0 Å². The van der Waals surface area contributed by atoms with Crippen LogP contribution in [-0.4, -0.2) is 25.6 Å². The third-order valence-electron chi connectivity index (χ3n) is 5.10. The lowest BCUT2D eigenvalue weighted by Crippen LogP contribution is -2.45. The molecule has 0 aromatic heterocycles. The van der Waals surface area contributed by atoms with E-state index >= 15 is 0 Å². The fraction of sp³-hybridized carbons (Fsp3) is 0.182. The number of amides is 1. The first kappa shape index (κ1) is 21.9. The zero-order valence-electron chi connectivity index (χ0n) is 16.2. The average Bonchev–Trinajstić information content (AvgIpc) is 2.85. The Morgan fingerprint density at radius 3 is 2.80 bits per heavy atom. The number of anilines is 2. The molecule has 1 aliphatic rings. The van der Waals surface area contributed by atoms with Crippen molar-refractivity contribution in [2.75, 3.05) is 23.9 Å². The maximum absolute atomic E-state index is 13.1. The van der Waals surface area contributed by atoms with Gasteiger partial charge in [0.05, 0.1) is 36.7 Å². The molecule has 8 heteroatoms. The number of carbonyl (C=O) groups is 1. The van der Waals surface area contributed by atoms with Gasteiger partial charge in [-0.25, -0.2) is 0 Å². The minimum atomic E-state index is -0.692. The molecule has 0 spiro atoms. The number of benzene rings is 3. The number of carbonyl (C=O) groups excluding carboxylic acids is 1. The molecule has 6 nitrogen and oxygen atoms in total. The zero-order valence-corrected chi connectivity index (χ0v) is 18.6. The van der Waals surface area contributed by atoms with Gasteiger partial charge in [-0.15, -0.1) is 12.4 Å². The Kier molecular flexibility index (Phi) is 6.52. The van der Waals surface area contributed by atoms with Crippen LogP contribution in [0.1, 0.15) is 11.1 Å². The van der Waals surface area contributed by atoms with Crippen LogP contribution in [0.5, 0.6) is 5.75 Å². The molecule has 0 fully saturated rings. The minimum absolute atomic E-state index is 0. The Morgan fingerprint density at radius 2 is 2.07 bits per heavy atom. The van der Waals surface area contributed by atoms with Gasteiger partial charge in [-0.2, -0.15) is 5.26 Å². The van der Waals surface area contributed by atoms with Gasteiger partial charge in [0.15, 0.2) is 0 Å². The van der Waals surface area contributed by atoms with E-state index in [9.17, 15) is 10.1 Å². The molecule has 0 radical (unpaired) electrons. The van der Waals surface area contributed by atoms with Gasteiger partial charge in [-0.05, 0) is 47.2 Å². The number of halogens is 2. The van der Waals surface area contributed by atoms with E-state index in [4.69, 9.17) is 10.5 Å². The second-order valence-electron chi connectivity index (χ2n) is 6.87. The Morgan fingerprint density at radius 1 is 1.27 bits per heavy atom. The molecule has 4 rings (SSSR count). The number of rotatable bonds is 3. The lowest BCUT2D eigenvalue weighted by molar-refractivity contribution is -0.119. The predicted octanol–water partition coefficient (Wildman–Crippen LogP) is 4.19. The number of fused-ring (bicyclic) bond motifs is 2. The molecule has 154 valence electrons. The Balaban J connectivity index is 0.00000256. The summed E-state index contributed by atoms with van der Waals surface area (Å²) >= 11 is 3.51. The average molecular weight is 488 g/mol. The van der Waals surface area contributed by atoms with Crippen molar-refractivity contribution in [3.05, 3.63) is 64.1 Å². The summed E-state index contributed by atoms with van der Waals surface area (Å²) in [7, 11) is 1.62. The Hall–Kier alpha value is -2.79. The van der Waals surface area contributed by atoms with Crippen LogP contribution in [0.4, 0.5) is 11.4 Å². The van der Waals surface area contributed by atoms with Crippen LogP contribution in [-0.2, 0) is 11.3 Å². The number of methoxy groups -OCH3 is 1. The first-order valence-corrected chi connectivity index (χ1v) is 9.91. The maximum atomic E-state index is 13.1. The maximum Gasteiger partial charge on any atom is 0.246 e. The topological polar surface area (TPSA) is 91.4 Å². The second-order valence-corrected chi connectivity index (χ2v) is 7.78. The Bertz CT molecular complexity index is 1160. The van der Waals surface area contributed by atoms with Crippen LogP contribution in [0.2, 0.25) is 0 Å². The number of ether oxygens (including phenoxy) is 1. The quantitative estimate of drug-likeness (QED) is 0.578. The van der Waals surface area contributed by atoms with Gasteiger partial charge in [-0.1, -0.05) is 28.1 Å². The SMILES string of the molecule is COc1ccc2cc(Br)ccc2c1CN1C(=O)[C@@H](N)CNc2cc(C#N)ccc21.Cl. The summed E-state index contributed by atoms with van der Waals surface area (Å²) in [5.41, 5.74) is 8.95. The summed E-state index contributed by atoms with van der Waals surface area (Å²) in [6.45, 7) is 0.603. The highest BCUT2D eigenvalue weighted by molar-refractivity contribution is 9.10. The molecule has 1 heterocycles. The summed E-state index contributed by atoms with van der Waals surface area (Å²) in [4.78, 5) is 14.8. The number of hydrogen-bond acceptors (Lipinski definition) is 5. The van der Waals surface area contributed by atoms with Gasteiger partial charge in [0.2, 0.25) is 5.91 Å². The standard InChI is InChI=1S/C22H19BrN4O2.ClH/c1-29-21-7-3-14-9-15(23)4-5-16(14)17(21)12-27-20-6-2-13(10-24)8-19(20)26-11-18(25)22(27)28;/h2-9,18,26H,11-12,25H2,1H3;1H/t18-;/m0./s1. The van der Waals surface area contributed by atoms with E-state index in [1.165, 1.54) is 0 Å². The van der Waals surface area contributed by atoms with E-state index in [0.29, 0.717) is 35.8 Å². The second kappa shape index (κ2) is 8.92. The molecule has 30 heavy (non-hydrogen) atoms. The van der Waals surface area contributed by atoms with Crippen LogP contribution in [0.3, 0.4) is 0 Å². The predicted molar refractivity (Wildman–Crippen MR) is 124 cm³/mol. The molecular formula is C22H20BrClN4O2. The highest BCUT2D eigenvalue weighted by Crippen LogP contribution is 2.35. The summed E-state index contributed by atoms with van der Waals surface area (Å²) in [6.07, 6.45) is 0. The number of nitrogens with zero attached hydrogens (tertiary/aromatic N) is 2. The minimum Gasteiger partial charge on any atom is -0.496 e. The molecule has 0 aliphatic carbocycles. The van der Waals surface area contributed by atoms with E-state index in [1.54, 1.807) is 30.2 Å². The van der Waals surface area contributed by atoms with Crippen LogP contribution in [0, 0.1) is 11.3 Å². The fourth-order valence-electron chi connectivity index (χ4n) is 3.63. The number of nitrogens with one attached hydrogen (secondary N) is 1. The highest BCUT2D eigenvalue weighted by atomic mass is 79.9. The molecule has 1 amide bonds. The molecular weight excluding hydrogens is 468 g/mol. The number of nitriles is 1. The van der Waals surface area contributed by atoms with E-state index in [0.717, 1.165) is 20.8 Å². The normalized spacial score (nSPS) is 15.5. The molecule has 3 aromatic carbocycles. The van der Waals surface area contributed by atoms with E-state index in [2.05, 4.69) is 27.3 Å². The van der Waals surface area contributed by atoms with Crippen molar-refractivity contribution in [1.82, 2.24) is 0 Å². The van der Waals surface area contributed by atoms with E-state index in [1.807, 2.05) is 30.3 Å². The van der Waals surface area contributed by atoms with Gasteiger partial charge in [0.1, 0.15) is 11.8 Å². The van der Waals surface area contributed by atoms with Gasteiger partial charge in [0, 0.05) is 16.6 Å². The van der Waals surface area contributed by atoms with Gasteiger partial charge >= 0.3 is 0 Å². The summed E-state index contributed by atoms with van der Waals surface area (Å²) in [5.74, 6) is 0.519. The molecule has 3 N–H and O–H groups in total. The number of hydrogen-bond donors (Lipinski definition) is 2. The molecule has 0 saturated carbocycles. The van der Waals surface area contributed by atoms with Crippen molar-refractivity contribution in [2.24, 2.45) is 5.73 Å². The summed E-state index contributed by atoms with van der Waals surface area (Å²) in [6, 6.07) is 16.6. The molecule has 0 unspecified atom stereocenters. The summed E-state index contributed by atoms with van der Waals surface area (Å²) in [5, 5.41) is 14.5. The van der Waals surface area contributed by atoms with E-state index in [-0.39, 0.29) is 18.3 Å². The number of nitrogens with two attached hydrogens (primary N) is 1. The van der Waals surface area contributed by atoms with Gasteiger partial charge < -0.3 is 20.7 Å². The van der Waals surface area contributed by atoms with Gasteiger partial charge in [-0.3, -0.25) is 4.79 Å². The molecule has 1 atom stereocenters. The van der Waals surface area contributed by atoms with Crippen LogP contribution in [0.15, 0.2) is 53.0 Å². The first-order valence-electron chi connectivity index (χ1n) is 9.12. The fourth-order valence-corrected chi connectivity index (χ4v) is 4.01. The van der Waals surface area contributed by atoms with Crippen LogP contribution >= 0.6 is 28.3 Å². The van der Waals surface area contributed by atoms with Crippen LogP contribution in [0.25, 0.3) is 10.8 Å². The van der Waals surface area contributed by atoms with E-state index < -0.39 is 6.04 Å². The summed E-state index contributed by atoms with van der Waals surface area (Å²) < 4.78 is 6.58. The molecule has 0 bridgehead atoms. The first-order chi connectivity index (χ1) is 14.0.